The highest BCUT2D eigenvalue weighted by atomic mass is 32.2. The first kappa shape index (κ1) is 18.5. The molecule has 7 nitrogen and oxygen atoms in total. The molecule has 0 bridgehead atoms. The van der Waals surface area contributed by atoms with E-state index in [0.717, 1.165) is 0 Å². The second-order valence-electron chi connectivity index (χ2n) is 5.85. The number of aromatic hydroxyl groups is 1. The van der Waals surface area contributed by atoms with Crippen LogP contribution in [0, 0.1) is 0 Å². The molecule has 1 aliphatic heterocycles. The van der Waals surface area contributed by atoms with E-state index in [1.54, 1.807) is 6.07 Å². The molecule has 1 saturated heterocycles. The van der Waals surface area contributed by atoms with Crippen molar-refractivity contribution in [3.63, 3.8) is 0 Å². The number of carbonyl (C=O) groups is 1. The molecule has 1 heterocycles. The summed E-state index contributed by atoms with van der Waals surface area (Å²) in [7, 11) is -1.70. The molecular weight excluding hydrogens is 332 g/mol. The van der Waals surface area contributed by atoms with Crippen molar-refractivity contribution in [2.24, 2.45) is 0 Å². The van der Waals surface area contributed by atoms with Gasteiger partial charge in [-0.25, -0.2) is 12.7 Å². The van der Waals surface area contributed by atoms with Crippen LogP contribution in [0.15, 0.2) is 18.2 Å². The number of rotatable bonds is 6. The number of nitrogens with zero attached hydrogens (tertiary/aromatic N) is 1. The summed E-state index contributed by atoms with van der Waals surface area (Å²) in [6.07, 6.45) is 1.72. The number of phenols is 1. The third-order valence-corrected chi connectivity index (χ3v) is 6.17. The fraction of sp³-hybridized carbons (Fsp3) is 0.562. The van der Waals surface area contributed by atoms with Crippen molar-refractivity contribution in [1.29, 1.82) is 0 Å². The summed E-state index contributed by atoms with van der Waals surface area (Å²) in [5.74, 6) is 0.113. The van der Waals surface area contributed by atoms with E-state index in [4.69, 9.17) is 4.74 Å². The maximum Gasteiger partial charge on any atom is 0.255 e. The smallest absolute Gasteiger partial charge is 0.255 e. The average molecular weight is 356 g/mol. The molecule has 0 aromatic heterocycles. The van der Waals surface area contributed by atoms with Gasteiger partial charge >= 0.3 is 0 Å². The van der Waals surface area contributed by atoms with Crippen molar-refractivity contribution >= 4 is 15.9 Å². The lowest BCUT2D eigenvalue weighted by Crippen LogP contribution is -2.47. The molecule has 0 saturated carbocycles. The van der Waals surface area contributed by atoms with Crippen LogP contribution < -0.4 is 10.1 Å². The zero-order valence-corrected chi connectivity index (χ0v) is 14.8. The molecule has 2 rings (SSSR count). The van der Waals surface area contributed by atoms with Gasteiger partial charge in [-0.3, -0.25) is 4.79 Å². The van der Waals surface area contributed by atoms with Gasteiger partial charge in [0.15, 0.2) is 0 Å². The standard InChI is InChI=1S/C16H24N2O5S/c1-3-10-24(21,22)18-8-6-12(7-9-18)17-16(20)14-5-4-13(23-2)11-15(14)19/h4-5,11-12,19H,3,6-10H2,1-2H3,(H,17,20). The second-order valence-corrected chi connectivity index (χ2v) is 7.93. The molecule has 0 aliphatic carbocycles. The summed E-state index contributed by atoms with van der Waals surface area (Å²) in [6, 6.07) is 4.39. The van der Waals surface area contributed by atoms with Crippen LogP contribution in [0.5, 0.6) is 11.5 Å². The minimum atomic E-state index is -3.19. The van der Waals surface area contributed by atoms with Crippen LogP contribution in [0.3, 0.4) is 0 Å². The monoisotopic (exact) mass is 356 g/mol. The highest BCUT2D eigenvalue weighted by Gasteiger charge is 2.28. The number of ether oxygens (including phenoxy) is 1. The van der Waals surface area contributed by atoms with Crippen molar-refractivity contribution in [3.8, 4) is 11.5 Å². The lowest BCUT2D eigenvalue weighted by atomic mass is 10.1. The molecule has 0 unspecified atom stereocenters. The van der Waals surface area contributed by atoms with E-state index in [1.807, 2.05) is 6.92 Å². The molecule has 1 amide bonds. The number of methoxy groups -OCH3 is 1. The maximum atomic E-state index is 12.3. The third-order valence-electron chi connectivity index (χ3n) is 4.09. The van der Waals surface area contributed by atoms with Gasteiger partial charge in [0.2, 0.25) is 10.0 Å². The van der Waals surface area contributed by atoms with E-state index in [2.05, 4.69) is 5.32 Å². The molecule has 1 fully saturated rings. The minimum Gasteiger partial charge on any atom is -0.507 e. The maximum absolute atomic E-state index is 12.3. The normalized spacial score (nSPS) is 16.8. The van der Waals surface area contributed by atoms with E-state index < -0.39 is 10.0 Å². The molecular formula is C16H24N2O5S. The van der Waals surface area contributed by atoms with E-state index in [-0.39, 0.29) is 29.0 Å². The van der Waals surface area contributed by atoms with Crippen molar-refractivity contribution in [1.82, 2.24) is 9.62 Å². The number of nitrogens with one attached hydrogen (secondary N) is 1. The molecule has 1 aliphatic rings. The molecule has 0 radical (unpaired) electrons. The summed E-state index contributed by atoms with van der Waals surface area (Å²) in [5, 5.41) is 12.8. The number of carbonyl (C=O) groups excluding carboxylic acids is 1. The first-order valence-corrected chi connectivity index (χ1v) is 9.64. The first-order chi connectivity index (χ1) is 11.4. The van der Waals surface area contributed by atoms with Gasteiger partial charge in [0, 0.05) is 25.2 Å². The van der Waals surface area contributed by atoms with Crippen LogP contribution in [-0.2, 0) is 10.0 Å². The fourth-order valence-corrected chi connectivity index (χ4v) is 4.30. The SMILES string of the molecule is CCCS(=O)(=O)N1CCC(NC(=O)c2ccc(OC)cc2O)CC1. The minimum absolute atomic E-state index is 0.105. The second kappa shape index (κ2) is 7.85. The Balaban J connectivity index is 1.93. The van der Waals surface area contributed by atoms with Crippen LogP contribution in [0.1, 0.15) is 36.5 Å². The van der Waals surface area contributed by atoms with E-state index in [1.165, 1.54) is 23.5 Å². The topological polar surface area (TPSA) is 95.9 Å². The lowest BCUT2D eigenvalue weighted by molar-refractivity contribution is 0.0921. The number of hydrogen-bond donors (Lipinski definition) is 2. The van der Waals surface area contributed by atoms with Crippen molar-refractivity contribution in [2.75, 3.05) is 26.0 Å². The molecule has 8 heteroatoms. The Morgan fingerprint density at radius 2 is 2.04 bits per heavy atom. The Morgan fingerprint density at radius 1 is 1.38 bits per heavy atom. The summed E-state index contributed by atoms with van der Waals surface area (Å²) >= 11 is 0. The molecule has 1 aromatic rings. The predicted octanol–water partition coefficient (Wildman–Crippen LogP) is 1.33. The predicted molar refractivity (Wildman–Crippen MR) is 90.8 cm³/mol. The van der Waals surface area contributed by atoms with E-state index in [9.17, 15) is 18.3 Å². The fourth-order valence-electron chi connectivity index (χ4n) is 2.76. The van der Waals surface area contributed by atoms with Crippen LogP contribution in [0.2, 0.25) is 0 Å². The quantitative estimate of drug-likeness (QED) is 0.802. The van der Waals surface area contributed by atoms with Crippen molar-refractivity contribution < 1.29 is 23.1 Å². The van der Waals surface area contributed by atoms with Gasteiger partial charge in [-0.2, -0.15) is 0 Å². The van der Waals surface area contributed by atoms with Gasteiger partial charge in [0.25, 0.3) is 5.91 Å². The van der Waals surface area contributed by atoms with Crippen molar-refractivity contribution in [3.05, 3.63) is 23.8 Å². The van der Waals surface area contributed by atoms with Crippen LogP contribution in [-0.4, -0.2) is 55.7 Å². The highest BCUT2D eigenvalue weighted by Crippen LogP contribution is 2.24. The van der Waals surface area contributed by atoms with Crippen LogP contribution >= 0.6 is 0 Å². The van der Waals surface area contributed by atoms with Crippen LogP contribution in [0.4, 0.5) is 0 Å². The zero-order chi connectivity index (χ0) is 17.7. The Hall–Kier alpha value is -1.80. The summed E-state index contributed by atoms with van der Waals surface area (Å²) in [4.78, 5) is 12.3. The summed E-state index contributed by atoms with van der Waals surface area (Å²) in [6.45, 7) is 2.65. The molecule has 134 valence electrons. The first-order valence-electron chi connectivity index (χ1n) is 8.03. The number of phenolic OH excluding ortho intramolecular Hbond substituents is 1. The number of piperidine rings is 1. The summed E-state index contributed by atoms with van der Waals surface area (Å²) in [5.41, 5.74) is 0.178. The molecule has 0 atom stereocenters. The van der Waals surface area contributed by atoms with Gasteiger partial charge in [-0.15, -0.1) is 0 Å². The lowest BCUT2D eigenvalue weighted by Gasteiger charge is -2.31. The molecule has 24 heavy (non-hydrogen) atoms. The molecule has 1 aromatic carbocycles. The van der Waals surface area contributed by atoms with Gasteiger partial charge < -0.3 is 15.2 Å². The number of benzene rings is 1. The number of hydrogen-bond acceptors (Lipinski definition) is 5. The van der Waals surface area contributed by atoms with E-state index >= 15 is 0 Å². The molecule has 2 N–H and O–H groups in total. The Bertz CT molecular complexity index is 682. The Labute approximate surface area is 142 Å². The van der Waals surface area contributed by atoms with Gasteiger partial charge in [-0.1, -0.05) is 6.92 Å². The van der Waals surface area contributed by atoms with E-state index in [0.29, 0.717) is 38.1 Å². The molecule has 0 spiro atoms. The third kappa shape index (κ3) is 4.39. The Kier molecular flexibility index (Phi) is 6.06. The zero-order valence-electron chi connectivity index (χ0n) is 14.0. The van der Waals surface area contributed by atoms with Crippen molar-refractivity contribution in [2.45, 2.75) is 32.2 Å². The van der Waals surface area contributed by atoms with Gasteiger partial charge in [0.1, 0.15) is 11.5 Å². The highest BCUT2D eigenvalue weighted by molar-refractivity contribution is 7.89. The average Bonchev–Trinajstić information content (AvgIpc) is 2.55. The largest absolute Gasteiger partial charge is 0.507 e. The summed E-state index contributed by atoms with van der Waals surface area (Å²) < 4.78 is 30.5. The number of sulfonamides is 1. The number of amides is 1. The Morgan fingerprint density at radius 3 is 2.58 bits per heavy atom. The van der Waals surface area contributed by atoms with Gasteiger partial charge in [0.05, 0.1) is 18.4 Å². The van der Waals surface area contributed by atoms with Gasteiger partial charge in [-0.05, 0) is 31.4 Å². The van der Waals surface area contributed by atoms with Crippen LogP contribution in [0.25, 0.3) is 0 Å².